The molecule has 0 aliphatic rings. The molecule has 0 aromatic carbocycles. The molecule has 1 amide bonds. The van der Waals surface area contributed by atoms with Gasteiger partial charge >= 0.3 is 0 Å². The van der Waals surface area contributed by atoms with E-state index in [0.29, 0.717) is 11.7 Å². The summed E-state index contributed by atoms with van der Waals surface area (Å²) in [5, 5.41) is 3.94. The van der Waals surface area contributed by atoms with Crippen molar-refractivity contribution in [2.45, 2.75) is 19.8 Å². The fourth-order valence-electron chi connectivity index (χ4n) is 0.938. The Morgan fingerprint density at radius 1 is 1.62 bits per heavy atom. The van der Waals surface area contributed by atoms with Crippen molar-refractivity contribution in [3.05, 3.63) is 0 Å². The zero-order valence-corrected chi connectivity index (χ0v) is 10.7. The van der Waals surface area contributed by atoms with E-state index in [2.05, 4.69) is 28.2 Å². The second-order valence-electron chi connectivity index (χ2n) is 3.18. The lowest BCUT2D eigenvalue weighted by molar-refractivity contribution is -0.118. The molecule has 0 aromatic rings. The highest BCUT2D eigenvalue weighted by Gasteiger charge is 2.01. The molecule has 0 spiro atoms. The summed E-state index contributed by atoms with van der Waals surface area (Å²) < 4.78 is 0. The van der Waals surface area contributed by atoms with Crippen LogP contribution in [-0.4, -0.2) is 29.8 Å². The summed E-state index contributed by atoms with van der Waals surface area (Å²) in [5.74, 6) is 1.44. The summed E-state index contributed by atoms with van der Waals surface area (Å²) in [6.45, 7) is 3.02. The SMILES string of the molecule is CSCC(=O)NCCCC(C)CBr. The Bertz CT molecular complexity index is 144. The Labute approximate surface area is 93.4 Å². The monoisotopic (exact) mass is 267 g/mol. The smallest absolute Gasteiger partial charge is 0.229 e. The second-order valence-corrected chi connectivity index (χ2v) is 4.70. The van der Waals surface area contributed by atoms with Gasteiger partial charge in [-0.3, -0.25) is 4.79 Å². The van der Waals surface area contributed by atoms with E-state index in [1.54, 1.807) is 11.8 Å². The van der Waals surface area contributed by atoms with Crippen LogP contribution in [0.4, 0.5) is 0 Å². The van der Waals surface area contributed by atoms with E-state index < -0.39 is 0 Å². The molecule has 1 N–H and O–H groups in total. The highest BCUT2D eigenvalue weighted by molar-refractivity contribution is 9.09. The minimum Gasteiger partial charge on any atom is -0.355 e. The van der Waals surface area contributed by atoms with E-state index in [-0.39, 0.29) is 5.91 Å². The third-order valence-corrected chi connectivity index (χ3v) is 3.39. The summed E-state index contributed by atoms with van der Waals surface area (Å²) >= 11 is 4.99. The third kappa shape index (κ3) is 8.63. The second kappa shape index (κ2) is 8.88. The van der Waals surface area contributed by atoms with Crippen molar-refractivity contribution in [1.29, 1.82) is 0 Å². The summed E-state index contributed by atoms with van der Waals surface area (Å²) in [6.07, 6.45) is 4.18. The molecule has 78 valence electrons. The van der Waals surface area contributed by atoms with E-state index in [1.165, 1.54) is 6.42 Å². The number of thioether (sulfide) groups is 1. The van der Waals surface area contributed by atoms with Crippen LogP contribution in [0.15, 0.2) is 0 Å². The van der Waals surface area contributed by atoms with Gasteiger partial charge in [0.05, 0.1) is 5.75 Å². The van der Waals surface area contributed by atoms with Gasteiger partial charge in [-0.05, 0) is 25.0 Å². The molecule has 0 heterocycles. The van der Waals surface area contributed by atoms with Crippen molar-refractivity contribution in [3.63, 3.8) is 0 Å². The average molecular weight is 268 g/mol. The highest BCUT2D eigenvalue weighted by atomic mass is 79.9. The van der Waals surface area contributed by atoms with Crippen LogP contribution in [0.3, 0.4) is 0 Å². The molecule has 0 fully saturated rings. The minimum absolute atomic E-state index is 0.152. The maximum atomic E-state index is 11.0. The lowest BCUT2D eigenvalue weighted by Crippen LogP contribution is -2.26. The van der Waals surface area contributed by atoms with Gasteiger partial charge in [0, 0.05) is 11.9 Å². The fraction of sp³-hybridized carbons (Fsp3) is 0.889. The lowest BCUT2D eigenvalue weighted by atomic mass is 10.1. The van der Waals surface area contributed by atoms with Crippen LogP contribution >= 0.6 is 27.7 Å². The summed E-state index contributed by atoms with van der Waals surface area (Å²) in [7, 11) is 0. The number of hydrogen-bond donors (Lipinski definition) is 1. The Kier molecular flexibility index (Phi) is 9.08. The molecule has 2 nitrogen and oxygen atoms in total. The molecule has 13 heavy (non-hydrogen) atoms. The van der Waals surface area contributed by atoms with Gasteiger partial charge in [0.2, 0.25) is 5.91 Å². The van der Waals surface area contributed by atoms with Crippen LogP contribution in [0.2, 0.25) is 0 Å². The predicted octanol–water partition coefficient (Wildman–Crippen LogP) is 2.28. The molecule has 0 rings (SSSR count). The highest BCUT2D eigenvalue weighted by Crippen LogP contribution is 2.07. The van der Waals surface area contributed by atoms with E-state index >= 15 is 0 Å². The van der Waals surface area contributed by atoms with Crippen molar-refractivity contribution in [2.24, 2.45) is 5.92 Å². The molecule has 0 saturated heterocycles. The first-order valence-electron chi connectivity index (χ1n) is 4.52. The Morgan fingerprint density at radius 3 is 2.85 bits per heavy atom. The first kappa shape index (κ1) is 13.3. The number of halogens is 1. The summed E-state index contributed by atoms with van der Waals surface area (Å²) in [6, 6.07) is 0. The third-order valence-electron chi connectivity index (χ3n) is 1.73. The van der Waals surface area contributed by atoms with Crippen LogP contribution in [0.1, 0.15) is 19.8 Å². The topological polar surface area (TPSA) is 29.1 Å². The molecule has 0 saturated carbocycles. The van der Waals surface area contributed by atoms with Gasteiger partial charge in [0.15, 0.2) is 0 Å². The van der Waals surface area contributed by atoms with Gasteiger partial charge in [-0.25, -0.2) is 0 Å². The van der Waals surface area contributed by atoms with Crippen molar-refractivity contribution in [3.8, 4) is 0 Å². The van der Waals surface area contributed by atoms with E-state index in [4.69, 9.17) is 0 Å². The maximum Gasteiger partial charge on any atom is 0.229 e. The minimum atomic E-state index is 0.152. The van der Waals surface area contributed by atoms with Gasteiger partial charge in [-0.1, -0.05) is 22.9 Å². The Balaban J connectivity index is 3.20. The summed E-state index contributed by atoms with van der Waals surface area (Å²) in [4.78, 5) is 11.0. The molecule has 0 radical (unpaired) electrons. The molecule has 0 aromatic heterocycles. The predicted molar refractivity (Wildman–Crippen MR) is 63.6 cm³/mol. The van der Waals surface area contributed by atoms with Gasteiger partial charge in [0.1, 0.15) is 0 Å². The molecular formula is C9H18BrNOS. The van der Waals surface area contributed by atoms with Crippen LogP contribution in [-0.2, 0) is 4.79 Å². The largest absolute Gasteiger partial charge is 0.355 e. The number of carbonyl (C=O) groups excluding carboxylic acids is 1. The van der Waals surface area contributed by atoms with Crippen molar-refractivity contribution >= 4 is 33.6 Å². The average Bonchev–Trinajstić information content (AvgIpc) is 2.12. The number of alkyl halides is 1. The Hall–Kier alpha value is 0.300. The van der Waals surface area contributed by atoms with Crippen LogP contribution in [0.25, 0.3) is 0 Å². The van der Waals surface area contributed by atoms with E-state index in [1.807, 2.05) is 6.26 Å². The molecule has 0 bridgehead atoms. The molecule has 0 aliphatic carbocycles. The van der Waals surface area contributed by atoms with Gasteiger partial charge in [-0.15, -0.1) is 0 Å². The van der Waals surface area contributed by atoms with Crippen LogP contribution in [0.5, 0.6) is 0 Å². The van der Waals surface area contributed by atoms with Gasteiger partial charge in [-0.2, -0.15) is 11.8 Å². The number of nitrogens with one attached hydrogen (secondary N) is 1. The number of amides is 1. The van der Waals surface area contributed by atoms with E-state index in [0.717, 1.165) is 18.3 Å². The van der Waals surface area contributed by atoms with E-state index in [9.17, 15) is 4.79 Å². The van der Waals surface area contributed by atoms with Crippen LogP contribution < -0.4 is 5.32 Å². The van der Waals surface area contributed by atoms with Crippen molar-refractivity contribution in [2.75, 3.05) is 23.9 Å². The molecule has 0 aliphatic heterocycles. The molecule has 1 unspecified atom stereocenters. The zero-order valence-electron chi connectivity index (χ0n) is 8.31. The fourth-order valence-corrected chi connectivity index (χ4v) is 1.63. The quantitative estimate of drug-likeness (QED) is 0.567. The molecule has 4 heteroatoms. The first-order valence-corrected chi connectivity index (χ1v) is 7.03. The standard InChI is InChI=1S/C9H18BrNOS/c1-8(6-10)4-3-5-11-9(12)7-13-2/h8H,3-7H2,1-2H3,(H,11,12). The van der Waals surface area contributed by atoms with Gasteiger partial charge in [0.25, 0.3) is 0 Å². The normalized spacial score (nSPS) is 12.5. The molecule has 1 atom stereocenters. The van der Waals surface area contributed by atoms with Crippen molar-refractivity contribution in [1.82, 2.24) is 5.32 Å². The molecular weight excluding hydrogens is 250 g/mol. The first-order chi connectivity index (χ1) is 6.20. The van der Waals surface area contributed by atoms with Crippen molar-refractivity contribution < 1.29 is 4.79 Å². The van der Waals surface area contributed by atoms with Gasteiger partial charge < -0.3 is 5.32 Å². The maximum absolute atomic E-state index is 11.0. The van der Waals surface area contributed by atoms with Crippen LogP contribution in [0, 0.1) is 5.92 Å². The summed E-state index contributed by atoms with van der Waals surface area (Å²) in [5.41, 5.74) is 0. The number of carbonyl (C=O) groups is 1. The number of rotatable bonds is 7. The lowest BCUT2D eigenvalue weighted by Gasteiger charge is -2.07. The zero-order chi connectivity index (χ0) is 10.1. The Morgan fingerprint density at radius 2 is 2.31 bits per heavy atom. The number of hydrogen-bond acceptors (Lipinski definition) is 2.